The normalized spacial score (nSPS) is 19.7. The molecule has 10 nitrogen and oxygen atoms in total. The molecule has 35 heavy (non-hydrogen) atoms. The maximum absolute atomic E-state index is 12.1. The van der Waals surface area contributed by atoms with Gasteiger partial charge in [-0.2, -0.15) is 0 Å². The van der Waals surface area contributed by atoms with Gasteiger partial charge in [0.2, 0.25) is 0 Å². The van der Waals surface area contributed by atoms with E-state index in [4.69, 9.17) is 25.7 Å². The Hall–Kier alpha value is -4.18. The highest BCUT2D eigenvalue weighted by molar-refractivity contribution is 6.08. The Bertz CT molecular complexity index is 1350. The van der Waals surface area contributed by atoms with Crippen LogP contribution >= 0.6 is 0 Å². The first-order chi connectivity index (χ1) is 16.9. The summed E-state index contributed by atoms with van der Waals surface area (Å²) in [6, 6.07) is 15.6. The number of rotatable bonds is 7. The number of aromatic nitrogens is 4. The fraction of sp³-hybridized carbons (Fsp3) is 0.280. The van der Waals surface area contributed by atoms with Crippen molar-refractivity contribution >= 4 is 22.8 Å². The molecule has 1 fully saturated rings. The van der Waals surface area contributed by atoms with Crippen molar-refractivity contribution < 1.29 is 19.0 Å². The van der Waals surface area contributed by atoms with E-state index < -0.39 is 18.2 Å². The van der Waals surface area contributed by atoms with E-state index >= 15 is 0 Å². The molecule has 0 spiro atoms. The summed E-state index contributed by atoms with van der Waals surface area (Å²) in [6.07, 6.45) is 0.820. The predicted molar refractivity (Wildman–Crippen MR) is 129 cm³/mol. The highest BCUT2D eigenvalue weighted by Gasteiger charge is 2.40. The zero-order chi connectivity index (χ0) is 24.5. The van der Waals surface area contributed by atoms with E-state index in [0.717, 1.165) is 22.6 Å². The zero-order valence-electron chi connectivity index (χ0n) is 19.4. The lowest BCUT2D eigenvalue weighted by Crippen LogP contribution is -2.32. The number of aryl methyl sites for hydroxylation is 2. The number of nitrogens with two attached hydrogens (primary N) is 2. The molecule has 5 rings (SSSR count). The Balaban J connectivity index is 1.44. The number of fused-ring (bicyclic) bond motifs is 1. The van der Waals surface area contributed by atoms with E-state index in [1.165, 1.54) is 0 Å². The molecule has 180 valence electrons. The quantitative estimate of drug-likeness (QED) is 0.417. The summed E-state index contributed by atoms with van der Waals surface area (Å²) in [5.74, 6) is 0.907. The molecular weight excluding hydrogens is 448 g/mol. The molecule has 1 unspecified atom stereocenters. The van der Waals surface area contributed by atoms with Crippen LogP contribution in [0.5, 0.6) is 11.5 Å². The lowest BCUT2D eigenvalue weighted by Gasteiger charge is -2.20. The Morgan fingerprint density at radius 2 is 1.71 bits per heavy atom. The van der Waals surface area contributed by atoms with Gasteiger partial charge in [0.25, 0.3) is 5.91 Å². The molecule has 4 aromatic rings. The van der Waals surface area contributed by atoms with Crippen LogP contribution in [-0.4, -0.2) is 44.7 Å². The largest absolute Gasteiger partial charge is 0.491 e. The molecule has 0 radical (unpaired) electrons. The molecule has 0 aliphatic carbocycles. The van der Waals surface area contributed by atoms with Crippen molar-refractivity contribution in [2.75, 3.05) is 12.3 Å². The van der Waals surface area contributed by atoms with Crippen LogP contribution in [0.2, 0.25) is 0 Å². The lowest BCUT2D eigenvalue weighted by molar-refractivity contribution is -0.0340. The average Bonchev–Trinajstić information content (AvgIpc) is 3.42. The van der Waals surface area contributed by atoms with Crippen LogP contribution in [0.15, 0.2) is 54.7 Å². The van der Waals surface area contributed by atoms with Crippen LogP contribution in [0.4, 0.5) is 5.82 Å². The molecule has 3 atom stereocenters. The third-order valence-electron chi connectivity index (χ3n) is 6.05. The minimum Gasteiger partial charge on any atom is -0.491 e. The molecule has 1 aliphatic rings. The number of anilines is 1. The van der Waals surface area contributed by atoms with Crippen molar-refractivity contribution in [3.63, 3.8) is 0 Å². The fourth-order valence-electron chi connectivity index (χ4n) is 4.19. The van der Waals surface area contributed by atoms with Gasteiger partial charge in [-0.25, -0.2) is 0 Å². The van der Waals surface area contributed by atoms with Crippen LogP contribution in [0.3, 0.4) is 0 Å². The van der Waals surface area contributed by atoms with Crippen LogP contribution in [0, 0.1) is 13.8 Å². The van der Waals surface area contributed by atoms with Gasteiger partial charge in [0.15, 0.2) is 11.5 Å². The number of primary amides is 1. The number of nitrogens with zero attached hydrogens (tertiary/aromatic N) is 4. The number of hydrogen-bond acceptors (Lipinski definition) is 8. The highest BCUT2D eigenvalue weighted by Crippen LogP contribution is 2.36. The van der Waals surface area contributed by atoms with E-state index in [1.807, 2.05) is 62.4 Å². The van der Waals surface area contributed by atoms with Gasteiger partial charge in [-0.05, 0) is 43.3 Å². The molecule has 0 bridgehead atoms. The minimum absolute atomic E-state index is 0.0762. The highest BCUT2D eigenvalue weighted by atomic mass is 16.6. The second-order valence-corrected chi connectivity index (χ2v) is 8.65. The van der Waals surface area contributed by atoms with Crippen molar-refractivity contribution in [2.24, 2.45) is 5.73 Å². The van der Waals surface area contributed by atoms with Crippen LogP contribution in [0.1, 0.15) is 34.1 Å². The summed E-state index contributed by atoms with van der Waals surface area (Å²) < 4.78 is 20.4. The minimum atomic E-state index is -0.639. The van der Waals surface area contributed by atoms with Gasteiger partial charge >= 0.3 is 0 Å². The number of hydrogen-bond donors (Lipinski definition) is 2. The molecule has 2 aromatic carbocycles. The Morgan fingerprint density at radius 1 is 1.06 bits per heavy atom. The topological polar surface area (TPSA) is 140 Å². The van der Waals surface area contributed by atoms with Crippen molar-refractivity contribution in [2.45, 2.75) is 38.7 Å². The van der Waals surface area contributed by atoms with Gasteiger partial charge in [-0.15, -0.1) is 10.2 Å². The monoisotopic (exact) mass is 474 g/mol. The number of amides is 1. The van der Waals surface area contributed by atoms with E-state index in [-0.39, 0.29) is 24.1 Å². The van der Waals surface area contributed by atoms with E-state index in [0.29, 0.717) is 17.5 Å². The first kappa shape index (κ1) is 22.6. The van der Waals surface area contributed by atoms with Gasteiger partial charge in [-0.3, -0.25) is 4.79 Å². The first-order valence-electron chi connectivity index (χ1n) is 11.3. The smallest absolute Gasteiger partial charge is 0.251 e. The van der Waals surface area contributed by atoms with Gasteiger partial charge < -0.3 is 30.2 Å². The molecule has 0 saturated carbocycles. The Labute approximate surface area is 201 Å². The summed E-state index contributed by atoms with van der Waals surface area (Å²) in [6.45, 7) is 4.31. The van der Waals surface area contributed by atoms with Crippen LogP contribution < -0.4 is 20.9 Å². The predicted octanol–water partition coefficient (Wildman–Crippen LogP) is 2.94. The zero-order valence-corrected chi connectivity index (χ0v) is 19.4. The van der Waals surface area contributed by atoms with Gasteiger partial charge in [0, 0.05) is 12.6 Å². The maximum atomic E-state index is 12.1. The number of nitrogen functional groups attached to an aromatic ring is 1. The fourth-order valence-corrected chi connectivity index (χ4v) is 4.19. The molecule has 1 amide bonds. The van der Waals surface area contributed by atoms with E-state index in [2.05, 4.69) is 15.4 Å². The van der Waals surface area contributed by atoms with Gasteiger partial charge in [0.05, 0.1) is 10.9 Å². The number of ether oxygens (including phenoxy) is 3. The van der Waals surface area contributed by atoms with Crippen LogP contribution in [0.25, 0.3) is 11.0 Å². The summed E-state index contributed by atoms with van der Waals surface area (Å²) in [7, 11) is 0. The summed E-state index contributed by atoms with van der Waals surface area (Å²) >= 11 is 0. The molecule has 1 saturated heterocycles. The number of carbonyl (C=O) groups excluding carboxylic acids is 1. The summed E-state index contributed by atoms with van der Waals surface area (Å²) in [4.78, 5) is 12.1. The lowest BCUT2D eigenvalue weighted by atomic mass is 10.1. The van der Waals surface area contributed by atoms with Gasteiger partial charge in [-0.1, -0.05) is 35.4 Å². The maximum Gasteiger partial charge on any atom is 0.251 e. The molecule has 10 heteroatoms. The number of benzene rings is 2. The van der Waals surface area contributed by atoms with Crippen molar-refractivity contribution in [3.05, 3.63) is 71.4 Å². The van der Waals surface area contributed by atoms with Gasteiger partial charge in [0.1, 0.15) is 36.5 Å². The Morgan fingerprint density at radius 3 is 2.37 bits per heavy atom. The average molecular weight is 475 g/mol. The SMILES string of the molecule is Cc1ccc(OC[C@H]2OC(n3cc(C(N)=O)c4c(N)nnnc43)C[C@@H]2Oc2ccc(C)cc2)cc1. The molecule has 4 N–H and O–H groups in total. The van der Waals surface area contributed by atoms with Crippen LogP contribution in [-0.2, 0) is 4.74 Å². The van der Waals surface area contributed by atoms with E-state index in [1.54, 1.807) is 10.8 Å². The first-order valence-corrected chi connectivity index (χ1v) is 11.3. The molecular formula is C25H26N6O4. The molecule has 3 heterocycles. The number of carbonyl (C=O) groups is 1. The second-order valence-electron chi connectivity index (χ2n) is 8.65. The summed E-state index contributed by atoms with van der Waals surface area (Å²) in [5, 5.41) is 11.9. The third-order valence-corrected chi connectivity index (χ3v) is 6.05. The van der Waals surface area contributed by atoms with Crippen molar-refractivity contribution in [1.82, 2.24) is 20.0 Å². The molecule has 2 aromatic heterocycles. The van der Waals surface area contributed by atoms with Crippen molar-refractivity contribution in [3.8, 4) is 11.5 Å². The molecule has 1 aliphatic heterocycles. The summed E-state index contributed by atoms with van der Waals surface area (Å²) in [5.41, 5.74) is 14.4. The standard InChI is InChI=1S/C25H26N6O4/c1-14-3-7-16(8-4-14)33-13-20-19(34-17-9-5-15(2)6-10-17)11-21(35-20)31-12-18(24(27)32)22-23(26)28-30-29-25(22)31/h3-10,12,19-21H,11,13H2,1-2H3,(H2,27,32)(H2,26,28,29)/t19-,20+,21?/m0/s1. The Kier molecular flexibility index (Phi) is 5.96. The second kappa shape index (κ2) is 9.22. The van der Waals surface area contributed by atoms with E-state index in [9.17, 15) is 4.79 Å². The third kappa shape index (κ3) is 4.60. The van der Waals surface area contributed by atoms with Crippen molar-refractivity contribution in [1.29, 1.82) is 0 Å².